The van der Waals surface area contributed by atoms with Gasteiger partial charge in [-0.05, 0) is 20.8 Å². The molecule has 0 aromatic carbocycles. The molecule has 0 amide bonds. The molecule has 1 rings (SSSR count). The molecular formula is C10H21FN2. The topological polar surface area (TPSA) is 6.48 Å². The van der Waals surface area contributed by atoms with Crippen molar-refractivity contribution in [3.05, 3.63) is 0 Å². The Hall–Kier alpha value is -0.150. The summed E-state index contributed by atoms with van der Waals surface area (Å²) in [6.45, 7) is 10.9. The predicted molar refractivity (Wildman–Crippen MR) is 53.7 cm³/mol. The highest BCUT2D eigenvalue weighted by molar-refractivity contribution is 4.75. The molecule has 1 atom stereocenters. The standard InChI is InChI=1S/C10H21FN2/c1-9(2)13-6-4-12(5-7-13)8-10(3)11/h9-10H,4-8H2,1-3H3. The molecule has 0 N–H and O–H groups in total. The third kappa shape index (κ3) is 3.61. The number of hydrogen-bond donors (Lipinski definition) is 0. The number of rotatable bonds is 3. The van der Waals surface area contributed by atoms with Gasteiger partial charge in [-0.2, -0.15) is 0 Å². The first kappa shape index (κ1) is 10.9. The van der Waals surface area contributed by atoms with Crippen molar-refractivity contribution in [1.82, 2.24) is 9.80 Å². The van der Waals surface area contributed by atoms with Crippen LogP contribution >= 0.6 is 0 Å². The Morgan fingerprint density at radius 3 is 2.00 bits per heavy atom. The van der Waals surface area contributed by atoms with Gasteiger partial charge in [0.1, 0.15) is 6.17 Å². The van der Waals surface area contributed by atoms with E-state index in [1.807, 2.05) is 0 Å². The second kappa shape index (κ2) is 4.91. The minimum Gasteiger partial charge on any atom is -0.298 e. The van der Waals surface area contributed by atoms with Gasteiger partial charge in [-0.1, -0.05) is 0 Å². The molecular weight excluding hydrogens is 167 g/mol. The fraction of sp³-hybridized carbons (Fsp3) is 1.00. The number of nitrogens with zero attached hydrogens (tertiary/aromatic N) is 2. The van der Waals surface area contributed by atoms with Gasteiger partial charge in [0, 0.05) is 38.8 Å². The molecule has 0 spiro atoms. The average molecular weight is 188 g/mol. The molecule has 0 aromatic heterocycles. The molecule has 78 valence electrons. The maximum absolute atomic E-state index is 12.7. The second-order valence-electron chi connectivity index (χ2n) is 4.21. The minimum atomic E-state index is -0.689. The predicted octanol–water partition coefficient (Wildman–Crippen LogP) is 1.37. The summed E-state index contributed by atoms with van der Waals surface area (Å²) in [5.74, 6) is 0. The van der Waals surface area contributed by atoms with E-state index in [1.165, 1.54) is 0 Å². The van der Waals surface area contributed by atoms with Gasteiger partial charge >= 0.3 is 0 Å². The highest BCUT2D eigenvalue weighted by Crippen LogP contribution is 2.06. The zero-order chi connectivity index (χ0) is 9.84. The van der Waals surface area contributed by atoms with Crippen molar-refractivity contribution in [3.63, 3.8) is 0 Å². The van der Waals surface area contributed by atoms with Crippen molar-refractivity contribution >= 4 is 0 Å². The fourth-order valence-corrected chi connectivity index (χ4v) is 1.82. The van der Waals surface area contributed by atoms with Crippen molar-refractivity contribution in [2.75, 3.05) is 32.7 Å². The van der Waals surface area contributed by atoms with Crippen LogP contribution in [0.3, 0.4) is 0 Å². The van der Waals surface area contributed by atoms with Crippen LogP contribution in [-0.4, -0.2) is 54.7 Å². The first-order chi connectivity index (χ1) is 6.09. The molecule has 0 bridgehead atoms. The highest BCUT2D eigenvalue weighted by atomic mass is 19.1. The lowest BCUT2D eigenvalue weighted by molar-refractivity contribution is 0.0919. The van der Waals surface area contributed by atoms with Gasteiger partial charge < -0.3 is 0 Å². The van der Waals surface area contributed by atoms with E-state index in [0.29, 0.717) is 12.6 Å². The van der Waals surface area contributed by atoms with Crippen molar-refractivity contribution in [2.24, 2.45) is 0 Å². The maximum atomic E-state index is 12.7. The smallest absolute Gasteiger partial charge is 0.110 e. The summed E-state index contributed by atoms with van der Waals surface area (Å²) in [7, 11) is 0. The maximum Gasteiger partial charge on any atom is 0.110 e. The summed E-state index contributed by atoms with van der Waals surface area (Å²) in [6.07, 6.45) is -0.689. The molecule has 0 radical (unpaired) electrons. The average Bonchev–Trinajstić information content (AvgIpc) is 2.04. The summed E-state index contributed by atoms with van der Waals surface area (Å²) in [6, 6.07) is 0.630. The molecule has 1 aliphatic heterocycles. The zero-order valence-electron chi connectivity index (χ0n) is 8.96. The largest absolute Gasteiger partial charge is 0.298 e. The summed E-state index contributed by atoms with van der Waals surface area (Å²) in [4.78, 5) is 4.66. The molecule has 3 heteroatoms. The fourth-order valence-electron chi connectivity index (χ4n) is 1.82. The van der Waals surface area contributed by atoms with E-state index in [0.717, 1.165) is 26.2 Å². The van der Waals surface area contributed by atoms with E-state index >= 15 is 0 Å². The Balaban J connectivity index is 2.22. The lowest BCUT2D eigenvalue weighted by atomic mass is 10.2. The van der Waals surface area contributed by atoms with Crippen molar-refractivity contribution in [3.8, 4) is 0 Å². The summed E-state index contributed by atoms with van der Waals surface area (Å²) >= 11 is 0. The number of alkyl halides is 1. The highest BCUT2D eigenvalue weighted by Gasteiger charge is 2.19. The summed E-state index contributed by atoms with van der Waals surface area (Å²) in [5, 5.41) is 0. The molecule has 0 aliphatic carbocycles. The van der Waals surface area contributed by atoms with Crippen LogP contribution in [0.5, 0.6) is 0 Å². The Kier molecular flexibility index (Phi) is 4.13. The van der Waals surface area contributed by atoms with Crippen LogP contribution in [0, 0.1) is 0 Å². The van der Waals surface area contributed by atoms with E-state index < -0.39 is 6.17 Å². The van der Waals surface area contributed by atoms with Crippen LogP contribution in [-0.2, 0) is 0 Å². The van der Waals surface area contributed by atoms with E-state index in [1.54, 1.807) is 6.92 Å². The SMILES string of the molecule is CC(F)CN1CCN(C(C)C)CC1. The van der Waals surface area contributed by atoms with Crippen LogP contribution < -0.4 is 0 Å². The molecule has 2 nitrogen and oxygen atoms in total. The van der Waals surface area contributed by atoms with Crippen LogP contribution in [0.25, 0.3) is 0 Å². The Morgan fingerprint density at radius 1 is 1.08 bits per heavy atom. The van der Waals surface area contributed by atoms with Gasteiger partial charge in [0.2, 0.25) is 0 Å². The molecule has 0 aromatic rings. The lowest BCUT2D eigenvalue weighted by Crippen LogP contribution is -2.49. The number of hydrogen-bond acceptors (Lipinski definition) is 2. The minimum absolute atomic E-state index is 0.603. The van der Waals surface area contributed by atoms with Gasteiger partial charge in [0.25, 0.3) is 0 Å². The molecule has 13 heavy (non-hydrogen) atoms. The molecule has 1 aliphatic rings. The first-order valence-corrected chi connectivity index (χ1v) is 5.20. The van der Waals surface area contributed by atoms with Gasteiger partial charge in [-0.15, -0.1) is 0 Å². The molecule has 1 heterocycles. The number of halogens is 1. The van der Waals surface area contributed by atoms with Crippen molar-refractivity contribution in [1.29, 1.82) is 0 Å². The number of piperazine rings is 1. The first-order valence-electron chi connectivity index (χ1n) is 5.20. The van der Waals surface area contributed by atoms with Crippen LogP contribution in [0.2, 0.25) is 0 Å². The van der Waals surface area contributed by atoms with Crippen LogP contribution in [0.4, 0.5) is 4.39 Å². The van der Waals surface area contributed by atoms with Gasteiger partial charge in [0.15, 0.2) is 0 Å². The van der Waals surface area contributed by atoms with E-state index in [2.05, 4.69) is 23.6 Å². The van der Waals surface area contributed by atoms with Gasteiger partial charge in [0.05, 0.1) is 0 Å². The Labute approximate surface area is 80.7 Å². The molecule has 1 unspecified atom stereocenters. The van der Waals surface area contributed by atoms with Gasteiger partial charge in [-0.25, -0.2) is 4.39 Å². The monoisotopic (exact) mass is 188 g/mol. The van der Waals surface area contributed by atoms with Crippen molar-refractivity contribution in [2.45, 2.75) is 33.0 Å². The Bertz CT molecular complexity index is 140. The van der Waals surface area contributed by atoms with Gasteiger partial charge in [-0.3, -0.25) is 9.80 Å². The van der Waals surface area contributed by atoms with E-state index in [-0.39, 0.29) is 0 Å². The lowest BCUT2D eigenvalue weighted by Gasteiger charge is -2.37. The molecule has 0 saturated carbocycles. The summed E-state index contributed by atoms with van der Waals surface area (Å²) < 4.78 is 12.7. The normalized spacial score (nSPS) is 23.8. The molecule has 1 fully saturated rings. The van der Waals surface area contributed by atoms with Crippen LogP contribution in [0.15, 0.2) is 0 Å². The zero-order valence-corrected chi connectivity index (χ0v) is 8.96. The Morgan fingerprint density at radius 2 is 1.62 bits per heavy atom. The van der Waals surface area contributed by atoms with Crippen LogP contribution in [0.1, 0.15) is 20.8 Å². The third-order valence-corrected chi connectivity index (χ3v) is 2.65. The third-order valence-electron chi connectivity index (χ3n) is 2.65. The molecule has 1 saturated heterocycles. The summed E-state index contributed by atoms with van der Waals surface area (Å²) in [5.41, 5.74) is 0. The van der Waals surface area contributed by atoms with Crippen molar-refractivity contribution < 1.29 is 4.39 Å². The van der Waals surface area contributed by atoms with E-state index in [9.17, 15) is 4.39 Å². The van der Waals surface area contributed by atoms with E-state index in [4.69, 9.17) is 0 Å². The second-order valence-corrected chi connectivity index (χ2v) is 4.21. The quantitative estimate of drug-likeness (QED) is 0.660.